The second-order valence-electron chi connectivity index (χ2n) is 8.57. The molecule has 0 radical (unpaired) electrons. The number of hydrogen-bond donors (Lipinski definition) is 3. The smallest absolute Gasteiger partial charge is 0.331 e. The third kappa shape index (κ3) is 3.98. The second-order valence-corrected chi connectivity index (χ2v) is 8.57. The average molecular weight is 470 g/mol. The average Bonchev–Trinajstić information content (AvgIpc) is 3.40. The number of fused-ring (bicyclic) bond motifs is 1. The van der Waals surface area contributed by atoms with Crippen molar-refractivity contribution in [3.8, 4) is 11.1 Å². The minimum absolute atomic E-state index is 0.185. The molecule has 178 valence electrons. The van der Waals surface area contributed by atoms with Crippen LogP contribution >= 0.6 is 0 Å². The molecular formula is C23H24F2N6O3. The highest BCUT2D eigenvalue weighted by molar-refractivity contribution is 6.05. The number of nitrogens with one attached hydrogen (secondary N) is 2. The lowest BCUT2D eigenvalue weighted by Crippen LogP contribution is -2.40. The van der Waals surface area contributed by atoms with Crippen LogP contribution in [0.15, 0.2) is 41.5 Å². The van der Waals surface area contributed by atoms with E-state index in [1.807, 2.05) is 0 Å². The summed E-state index contributed by atoms with van der Waals surface area (Å²) < 4.78 is 30.5. The van der Waals surface area contributed by atoms with E-state index in [9.17, 15) is 23.5 Å². The van der Waals surface area contributed by atoms with Crippen molar-refractivity contribution in [1.29, 1.82) is 0 Å². The number of imidazole rings is 1. The van der Waals surface area contributed by atoms with Gasteiger partial charge < -0.3 is 10.4 Å². The predicted octanol–water partition coefficient (Wildman–Crippen LogP) is 2.98. The van der Waals surface area contributed by atoms with Crippen LogP contribution in [0.4, 0.5) is 14.6 Å². The molecule has 0 bridgehead atoms. The van der Waals surface area contributed by atoms with Crippen molar-refractivity contribution < 1.29 is 18.7 Å². The molecule has 0 unspecified atom stereocenters. The molecular weight excluding hydrogens is 446 g/mol. The number of carbonyl (C=O) groups is 1. The van der Waals surface area contributed by atoms with E-state index in [0.29, 0.717) is 33.7 Å². The minimum atomic E-state index is -0.963. The van der Waals surface area contributed by atoms with Crippen LogP contribution in [-0.4, -0.2) is 48.6 Å². The fourth-order valence-corrected chi connectivity index (χ4v) is 3.87. The lowest BCUT2D eigenvalue weighted by atomic mass is 9.98. The summed E-state index contributed by atoms with van der Waals surface area (Å²) in [6.45, 7) is 3.77. The van der Waals surface area contributed by atoms with Crippen LogP contribution in [0.25, 0.3) is 22.3 Å². The summed E-state index contributed by atoms with van der Waals surface area (Å²) in [6, 6.07) is 5.84. The van der Waals surface area contributed by atoms with Crippen molar-refractivity contribution in [3.63, 3.8) is 0 Å². The zero-order chi connectivity index (χ0) is 24.6. The number of aliphatic hydroxyl groups is 1. The second kappa shape index (κ2) is 8.82. The van der Waals surface area contributed by atoms with E-state index >= 15 is 0 Å². The SMILES string of the molecule is Cc1cc(F)c(C(=O)Nc2ccn[nH]2)cc1-c1cnc2c(c1)n(CCF)c(=O)n2C(C)(C)CO. The van der Waals surface area contributed by atoms with Crippen LogP contribution in [0.1, 0.15) is 29.8 Å². The summed E-state index contributed by atoms with van der Waals surface area (Å²) in [5.41, 5.74) is 0.612. The van der Waals surface area contributed by atoms with E-state index in [2.05, 4.69) is 20.5 Å². The third-order valence-corrected chi connectivity index (χ3v) is 5.69. The van der Waals surface area contributed by atoms with Gasteiger partial charge in [0.05, 0.1) is 36.0 Å². The standard InChI is InChI=1S/C23H24F2N6O3/c1-13-8-17(25)16(21(33)28-19-4-6-27-29-19)10-15(13)14-9-18-20(26-11-14)31(23(2,3)12-32)22(34)30(18)7-5-24/h4,6,8-11,32H,5,7,12H2,1-3H3,(H2,27,28,29,33). The summed E-state index contributed by atoms with van der Waals surface area (Å²) in [5.74, 6) is -1.04. The molecule has 0 saturated carbocycles. The molecule has 0 saturated heterocycles. The van der Waals surface area contributed by atoms with Crippen LogP contribution in [-0.2, 0) is 12.1 Å². The topological polar surface area (TPSA) is 118 Å². The van der Waals surface area contributed by atoms with E-state index in [0.717, 1.165) is 0 Å². The molecule has 0 atom stereocenters. The number of rotatable bonds is 7. The summed E-state index contributed by atoms with van der Waals surface area (Å²) in [7, 11) is 0. The van der Waals surface area contributed by atoms with Crippen LogP contribution in [0.3, 0.4) is 0 Å². The Bertz CT molecular complexity index is 1420. The normalized spacial score (nSPS) is 11.8. The number of benzene rings is 1. The lowest BCUT2D eigenvalue weighted by molar-refractivity contribution is 0.102. The maximum Gasteiger partial charge on any atom is 0.331 e. The monoisotopic (exact) mass is 470 g/mol. The molecule has 3 aromatic heterocycles. The molecule has 0 aliphatic carbocycles. The predicted molar refractivity (Wildman–Crippen MR) is 123 cm³/mol. The van der Waals surface area contributed by atoms with Gasteiger partial charge in [0.1, 0.15) is 18.3 Å². The Kier molecular flexibility index (Phi) is 6.05. The quantitative estimate of drug-likeness (QED) is 0.384. The highest BCUT2D eigenvalue weighted by atomic mass is 19.1. The zero-order valence-electron chi connectivity index (χ0n) is 18.9. The van der Waals surface area contributed by atoms with Gasteiger partial charge in [-0.25, -0.2) is 18.6 Å². The van der Waals surface area contributed by atoms with Gasteiger partial charge in [0, 0.05) is 17.8 Å². The number of nitrogens with zero attached hydrogens (tertiary/aromatic N) is 4. The van der Waals surface area contributed by atoms with E-state index in [1.165, 1.54) is 39.7 Å². The molecule has 11 heteroatoms. The van der Waals surface area contributed by atoms with E-state index in [1.54, 1.807) is 26.8 Å². The summed E-state index contributed by atoms with van der Waals surface area (Å²) in [5, 5.41) is 18.7. The Labute approximate surface area is 193 Å². The molecule has 1 amide bonds. The van der Waals surface area contributed by atoms with Crippen LogP contribution in [0.2, 0.25) is 0 Å². The highest BCUT2D eigenvalue weighted by Crippen LogP contribution is 2.29. The van der Waals surface area contributed by atoms with Crippen molar-refractivity contribution in [2.24, 2.45) is 0 Å². The van der Waals surface area contributed by atoms with Crippen molar-refractivity contribution in [2.75, 3.05) is 18.6 Å². The minimum Gasteiger partial charge on any atom is -0.394 e. The maximum absolute atomic E-state index is 14.7. The highest BCUT2D eigenvalue weighted by Gasteiger charge is 2.27. The first kappa shape index (κ1) is 23.3. The molecule has 3 heterocycles. The number of aliphatic hydroxyl groups excluding tert-OH is 1. The van der Waals surface area contributed by atoms with Gasteiger partial charge in [-0.05, 0) is 50.1 Å². The fourth-order valence-electron chi connectivity index (χ4n) is 3.87. The van der Waals surface area contributed by atoms with Crippen molar-refractivity contribution in [3.05, 3.63) is 64.1 Å². The summed E-state index contributed by atoms with van der Waals surface area (Å²) in [4.78, 5) is 30.1. The number of aromatic amines is 1. The van der Waals surface area contributed by atoms with E-state index in [-0.39, 0.29) is 18.7 Å². The Balaban J connectivity index is 1.86. The summed E-state index contributed by atoms with van der Waals surface area (Å²) in [6.07, 6.45) is 2.96. The third-order valence-electron chi connectivity index (χ3n) is 5.69. The number of amides is 1. The number of H-pyrrole nitrogens is 1. The van der Waals surface area contributed by atoms with Crippen molar-refractivity contribution >= 4 is 22.9 Å². The molecule has 9 nitrogen and oxygen atoms in total. The fraction of sp³-hybridized carbons (Fsp3) is 0.304. The first-order valence-corrected chi connectivity index (χ1v) is 10.6. The Hall–Kier alpha value is -3.86. The van der Waals surface area contributed by atoms with Gasteiger partial charge in [-0.3, -0.25) is 19.0 Å². The Morgan fingerprint density at radius 1 is 1.29 bits per heavy atom. The van der Waals surface area contributed by atoms with Gasteiger partial charge in [0.2, 0.25) is 0 Å². The van der Waals surface area contributed by atoms with Gasteiger partial charge in [0.25, 0.3) is 5.91 Å². The first-order valence-electron chi connectivity index (χ1n) is 10.6. The molecule has 0 aliphatic rings. The van der Waals surface area contributed by atoms with Crippen LogP contribution < -0.4 is 11.0 Å². The summed E-state index contributed by atoms with van der Waals surface area (Å²) >= 11 is 0. The molecule has 3 N–H and O–H groups in total. The number of aromatic nitrogens is 5. The van der Waals surface area contributed by atoms with E-state index < -0.39 is 29.6 Å². The van der Waals surface area contributed by atoms with Crippen LogP contribution in [0.5, 0.6) is 0 Å². The number of anilines is 1. The molecule has 34 heavy (non-hydrogen) atoms. The van der Waals surface area contributed by atoms with Gasteiger partial charge in [-0.2, -0.15) is 5.10 Å². The zero-order valence-corrected chi connectivity index (χ0v) is 18.9. The van der Waals surface area contributed by atoms with Gasteiger partial charge in [-0.1, -0.05) is 0 Å². The number of pyridine rings is 1. The van der Waals surface area contributed by atoms with Gasteiger partial charge >= 0.3 is 5.69 Å². The number of hydrogen-bond acceptors (Lipinski definition) is 5. The van der Waals surface area contributed by atoms with Gasteiger partial charge in [0.15, 0.2) is 5.65 Å². The van der Waals surface area contributed by atoms with Crippen LogP contribution in [0, 0.1) is 12.7 Å². The van der Waals surface area contributed by atoms with Gasteiger partial charge in [-0.15, -0.1) is 0 Å². The first-order chi connectivity index (χ1) is 16.2. The molecule has 4 rings (SSSR count). The molecule has 0 aliphatic heterocycles. The molecule has 4 aromatic rings. The lowest BCUT2D eigenvalue weighted by Gasteiger charge is -2.23. The number of alkyl halides is 1. The molecule has 1 aromatic carbocycles. The van der Waals surface area contributed by atoms with Crippen molar-refractivity contribution in [2.45, 2.75) is 32.9 Å². The Morgan fingerprint density at radius 3 is 2.71 bits per heavy atom. The maximum atomic E-state index is 14.7. The number of aryl methyl sites for hydroxylation is 2. The number of carbonyl (C=O) groups excluding carboxylic acids is 1. The van der Waals surface area contributed by atoms with E-state index in [4.69, 9.17) is 0 Å². The molecule has 0 fully saturated rings. The largest absolute Gasteiger partial charge is 0.394 e. The molecule has 0 spiro atoms. The number of halogens is 2. The Morgan fingerprint density at radius 2 is 2.06 bits per heavy atom. The van der Waals surface area contributed by atoms with Crippen molar-refractivity contribution in [1.82, 2.24) is 24.3 Å².